The summed E-state index contributed by atoms with van der Waals surface area (Å²) in [6, 6.07) is 15.8. The number of hydrogen-bond acceptors (Lipinski definition) is 2. The highest BCUT2D eigenvalue weighted by Crippen LogP contribution is 2.21. The highest BCUT2D eigenvalue weighted by atomic mass is 79.9. The Bertz CT molecular complexity index is 669. The Labute approximate surface area is 139 Å². The Hall–Kier alpha value is -1.65. The monoisotopic (exact) mass is 359 g/mol. The van der Waals surface area contributed by atoms with Gasteiger partial charge in [0.1, 0.15) is 0 Å². The number of nitrogens with zero attached hydrogens (tertiary/aromatic N) is 1. The quantitative estimate of drug-likeness (QED) is 0.836. The minimum absolute atomic E-state index is 0.0231. The van der Waals surface area contributed by atoms with Crippen LogP contribution in [0.5, 0.6) is 0 Å². The van der Waals surface area contributed by atoms with Crippen molar-refractivity contribution in [2.75, 3.05) is 13.6 Å². The molecule has 0 aromatic heterocycles. The molecule has 3 rings (SSSR count). The van der Waals surface area contributed by atoms with E-state index in [2.05, 4.69) is 34.1 Å². The average molecular weight is 360 g/mol. The number of carbonyl (C=O) groups excluding carboxylic acids is 1. The maximum Gasteiger partial charge on any atom is 0.253 e. The summed E-state index contributed by atoms with van der Waals surface area (Å²) >= 11 is 3.38. The molecule has 114 valence electrons. The van der Waals surface area contributed by atoms with Crippen LogP contribution in [0.25, 0.3) is 0 Å². The van der Waals surface area contributed by atoms with Crippen molar-refractivity contribution >= 4 is 21.8 Å². The Morgan fingerprint density at radius 3 is 2.59 bits per heavy atom. The zero-order valence-corrected chi connectivity index (χ0v) is 14.0. The molecule has 2 aromatic carbocycles. The molecule has 3 nitrogen and oxygen atoms in total. The van der Waals surface area contributed by atoms with Crippen molar-refractivity contribution in [3.63, 3.8) is 0 Å². The van der Waals surface area contributed by atoms with Gasteiger partial charge in [-0.25, -0.2) is 0 Å². The van der Waals surface area contributed by atoms with Gasteiger partial charge in [0.2, 0.25) is 0 Å². The van der Waals surface area contributed by atoms with E-state index in [1.54, 1.807) is 4.90 Å². The van der Waals surface area contributed by atoms with Gasteiger partial charge in [0.25, 0.3) is 5.91 Å². The molecular weight excluding hydrogens is 342 g/mol. The van der Waals surface area contributed by atoms with Crippen LogP contribution in [-0.4, -0.2) is 30.5 Å². The zero-order valence-electron chi connectivity index (χ0n) is 12.5. The number of likely N-dealkylation sites (N-methyl/N-ethyl adjacent to an activating group) is 1. The first-order valence-corrected chi connectivity index (χ1v) is 8.12. The third-order valence-corrected chi connectivity index (χ3v) is 4.48. The topological polar surface area (TPSA) is 29.5 Å². The summed E-state index contributed by atoms with van der Waals surface area (Å²) in [7, 11) is 1.83. The van der Waals surface area contributed by atoms with E-state index in [1.165, 1.54) is 11.1 Å². The molecule has 1 unspecified atom stereocenters. The van der Waals surface area contributed by atoms with Crippen LogP contribution in [0.4, 0.5) is 0 Å². The molecule has 0 N–H and O–H groups in total. The van der Waals surface area contributed by atoms with Gasteiger partial charge in [-0.15, -0.1) is 0 Å². The Morgan fingerprint density at radius 2 is 1.86 bits per heavy atom. The summed E-state index contributed by atoms with van der Waals surface area (Å²) in [5.74, 6) is 0.0231. The van der Waals surface area contributed by atoms with Crippen molar-refractivity contribution in [3.8, 4) is 0 Å². The minimum atomic E-state index is 0.0231. The van der Waals surface area contributed by atoms with Gasteiger partial charge in [-0.1, -0.05) is 40.2 Å². The average Bonchev–Trinajstić information content (AvgIpc) is 2.55. The van der Waals surface area contributed by atoms with Gasteiger partial charge >= 0.3 is 0 Å². The van der Waals surface area contributed by atoms with E-state index in [0.717, 1.165) is 10.9 Å². The van der Waals surface area contributed by atoms with Crippen LogP contribution >= 0.6 is 15.9 Å². The molecule has 0 saturated carbocycles. The number of fused-ring (bicyclic) bond motifs is 1. The molecule has 0 spiro atoms. The molecule has 0 aliphatic carbocycles. The minimum Gasteiger partial charge on any atom is -0.371 e. The molecule has 22 heavy (non-hydrogen) atoms. The molecule has 1 atom stereocenters. The van der Waals surface area contributed by atoms with Gasteiger partial charge in [0, 0.05) is 30.0 Å². The number of carbonyl (C=O) groups is 1. The second-order valence-corrected chi connectivity index (χ2v) is 6.51. The highest BCUT2D eigenvalue weighted by molar-refractivity contribution is 9.10. The summed E-state index contributed by atoms with van der Waals surface area (Å²) in [6.45, 7) is 1.23. The predicted octanol–water partition coefficient (Wildman–Crippen LogP) is 3.66. The third-order valence-electron chi connectivity index (χ3n) is 3.96. The van der Waals surface area contributed by atoms with Crippen molar-refractivity contribution in [3.05, 3.63) is 69.7 Å². The normalized spacial score (nSPS) is 16.9. The molecule has 1 amide bonds. The van der Waals surface area contributed by atoms with E-state index >= 15 is 0 Å². The first-order valence-electron chi connectivity index (χ1n) is 7.33. The van der Waals surface area contributed by atoms with Gasteiger partial charge in [-0.3, -0.25) is 4.79 Å². The zero-order chi connectivity index (χ0) is 15.5. The van der Waals surface area contributed by atoms with E-state index in [1.807, 2.05) is 37.4 Å². The van der Waals surface area contributed by atoms with Crippen molar-refractivity contribution < 1.29 is 9.53 Å². The summed E-state index contributed by atoms with van der Waals surface area (Å²) in [6.07, 6.45) is 0.910. The second-order valence-electron chi connectivity index (χ2n) is 5.60. The van der Waals surface area contributed by atoms with Crippen LogP contribution in [0, 0.1) is 0 Å². The lowest BCUT2D eigenvalue weighted by Gasteiger charge is -2.29. The fourth-order valence-electron chi connectivity index (χ4n) is 2.73. The van der Waals surface area contributed by atoms with Crippen molar-refractivity contribution in [1.29, 1.82) is 0 Å². The Morgan fingerprint density at radius 1 is 1.18 bits per heavy atom. The van der Waals surface area contributed by atoms with Crippen LogP contribution in [0.15, 0.2) is 53.0 Å². The molecule has 2 aromatic rings. The fourth-order valence-corrected chi connectivity index (χ4v) is 2.99. The fraction of sp³-hybridized carbons (Fsp3) is 0.278. The molecule has 4 heteroatoms. The highest BCUT2D eigenvalue weighted by Gasteiger charge is 2.22. The van der Waals surface area contributed by atoms with E-state index in [4.69, 9.17) is 4.74 Å². The van der Waals surface area contributed by atoms with Gasteiger partial charge in [0.05, 0.1) is 12.7 Å². The standard InChI is InChI=1S/C18H18BrNO2/c1-20(18(21)13-6-8-16(19)9-7-13)11-17-10-14-4-2-3-5-15(14)12-22-17/h2-9,17H,10-12H2,1H3. The van der Waals surface area contributed by atoms with Crippen molar-refractivity contribution in [2.45, 2.75) is 19.1 Å². The Kier molecular flexibility index (Phi) is 4.60. The molecule has 1 aliphatic rings. The number of amides is 1. The van der Waals surface area contributed by atoms with Gasteiger partial charge in [0.15, 0.2) is 0 Å². The van der Waals surface area contributed by atoms with Crippen LogP contribution < -0.4 is 0 Å². The van der Waals surface area contributed by atoms with E-state index < -0.39 is 0 Å². The summed E-state index contributed by atoms with van der Waals surface area (Å²) < 4.78 is 6.85. The number of hydrogen-bond donors (Lipinski definition) is 0. The molecule has 0 fully saturated rings. The number of rotatable bonds is 3. The van der Waals surface area contributed by atoms with E-state index in [-0.39, 0.29) is 12.0 Å². The molecule has 0 saturated heterocycles. The van der Waals surface area contributed by atoms with E-state index in [9.17, 15) is 4.79 Å². The van der Waals surface area contributed by atoms with Crippen LogP contribution in [0.3, 0.4) is 0 Å². The molecule has 1 aliphatic heterocycles. The molecule has 0 bridgehead atoms. The van der Waals surface area contributed by atoms with E-state index in [0.29, 0.717) is 18.7 Å². The van der Waals surface area contributed by atoms with Gasteiger partial charge < -0.3 is 9.64 Å². The van der Waals surface area contributed by atoms with Crippen LogP contribution in [-0.2, 0) is 17.8 Å². The van der Waals surface area contributed by atoms with Crippen LogP contribution in [0.1, 0.15) is 21.5 Å². The maximum atomic E-state index is 12.4. The van der Waals surface area contributed by atoms with Crippen molar-refractivity contribution in [2.24, 2.45) is 0 Å². The lowest BCUT2D eigenvalue weighted by molar-refractivity contribution is 0.00985. The van der Waals surface area contributed by atoms with Crippen LogP contribution in [0.2, 0.25) is 0 Å². The van der Waals surface area contributed by atoms with Gasteiger partial charge in [-0.2, -0.15) is 0 Å². The predicted molar refractivity (Wildman–Crippen MR) is 89.8 cm³/mol. The summed E-state index contributed by atoms with van der Waals surface area (Å²) in [4.78, 5) is 14.2. The van der Waals surface area contributed by atoms with Crippen molar-refractivity contribution in [1.82, 2.24) is 4.90 Å². The van der Waals surface area contributed by atoms with Gasteiger partial charge in [-0.05, 0) is 35.4 Å². The lowest BCUT2D eigenvalue weighted by Crippen LogP contribution is -2.38. The summed E-state index contributed by atoms with van der Waals surface area (Å²) in [5, 5.41) is 0. The molecule has 1 heterocycles. The molecule has 0 radical (unpaired) electrons. The SMILES string of the molecule is CN(CC1Cc2ccccc2CO1)C(=O)c1ccc(Br)cc1. The first-order chi connectivity index (χ1) is 10.6. The number of halogens is 1. The number of benzene rings is 2. The number of ether oxygens (including phenoxy) is 1. The smallest absolute Gasteiger partial charge is 0.253 e. The summed E-state index contributed by atoms with van der Waals surface area (Å²) in [5.41, 5.74) is 3.27. The largest absolute Gasteiger partial charge is 0.371 e. The molecular formula is C18H18BrNO2. The Balaban J connectivity index is 1.64. The third kappa shape index (κ3) is 3.39. The first kappa shape index (κ1) is 15.3. The lowest BCUT2D eigenvalue weighted by atomic mass is 9.99. The second kappa shape index (κ2) is 6.63. The maximum absolute atomic E-state index is 12.4.